The molecule has 0 saturated carbocycles. The van der Waals surface area contributed by atoms with Crippen LogP contribution in [-0.2, 0) is 13.0 Å². The van der Waals surface area contributed by atoms with Gasteiger partial charge in [0.1, 0.15) is 11.0 Å². The number of anilines is 1. The first-order valence-corrected chi connectivity index (χ1v) is 8.86. The second-order valence-electron chi connectivity index (χ2n) is 6.17. The van der Waals surface area contributed by atoms with Crippen LogP contribution in [0.25, 0.3) is 5.52 Å². The van der Waals surface area contributed by atoms with Gasteiger partial charge in [-0.1, -0.05) is 23.7 Å². The number of aromatic nitrogens is 5. The Morgan fingerprint density at radius 3 is 2.92 bits per heavy atom. The van der Waals surface area contributed by atoms with Crippen LogP contribution in [0.2, 0.25) is 5.15 Å². The first-order valence-electron chi connectivity index (χ1n) is 8.48. The predicted molar refractivity (Wildman–Crippen MR) is 103 cm³/mol. The van der Waals surface area contributed by atoms with E-state index in [1.54, 1.807) is 12.4 Å². The van der Waals surface area contributed by atoms with Crippen molar-refractivity contribution in [1.82, 2.24) is 24.6 Å². The highest BCUT2D eigenvalue weighted by Gasteiger charge is 2.19. The van der Waals surface area contributed by atoms with Crippen LogP contribution in [0.4, 0.5) is 5.82 Å². The third-order valence-electron chi connectivity index (χ3n) is 4.45. The van der Waals surface area contributed by atoms with Crippen LogP contribution in [0.15, 0.2) is 55.1 Å². The van der Waals surface area contributed by atoms with Crippen molar-refractivity contribution in [2.45, 2.75) is 19.9 Å². The van der Waals surface area contributed by atoms with E-state index in [1.165, 1.54) is 22.5 Å². The Balaban J connectivity index is 0.000000144. The zero-order chi connectivity index (χ0) is 17.9. The molecule has 0 aromatic carbocycles. The summed E-state index contributed by atoms with van der Waals surface area (Å²) < 4.78 is 1.87. The van der Waals surface area contributed by atoms with Crippen LogP contribution in [-0.4, -0.2) is 31.1 Å². The Bertz CT molecular complexity index is 1020. The number of aryl methyl sites for hydroxylation is 1. The lowest BCUT2D eigenvalue weighted by atomic mass is 10.1. The zero-order valence-corrected chi connectivity index (χ0v) is 15.2. The van der Waals surface area contributed by atoms with Gasteiger partial charge in [0, 0.05) is 25.4 Å². The van der Waals surface area contributed by atoms with Gasteiger partial charge in [0.15, 0.2) is 0 Å². The van der Waals surface area contributed by atoms with E-state index in [0.29, 0.717) is 5.15 Å². The highest BCUT2D eigenvalue weighted by atomic mass is 35.5. The minimum Gasteiger partial charge on any atom is -0.350 e. The molecule has 0 atom stereocenters. The van der Waals surface area contributed by atoms with Crippen molar-refractivity contribution >= 4 is 22.9 Å². The SMILES string of the molecule is Cc1cccn2nccc12.Clc1cccc(N2CCc3nc[nH]c3C2)n1. The number of pyridine rings is 2. The fourth-order valence-corrected chi connectivity index (χ4v) is 3.24. The normalized spacial score (nSPS) is 13.2. The fraction of sp³-hybridized carbons (Fsp3) is 0.211. The minimum atomic E-state index is 0.535. The number of aromatic amines is 1. The number of hydrogen-bond acceptors (Lipinski definition) is 4. The Hall–Kier alpha value is -2.86. The number of halogens is 1. The van der Waals surface area contributed by atoms with E-state index in [-0.39, 0.29) is 0 Å². The van der Waals surface area contributed by atoms with E-state index < -0.39 is 0 Å². The maximum Gasteiger partial charge on any atom is 0.131 e. The first-order chi connectivity index (χ1) is 12.7. The summed E-state index contributed by atoms with van der Waals surface area (Å²) >= 11 is 5.89. The molecule has 132 valence electrons. The van der Waals surface area contributed by atoms with Gasteiger partial charge in [-0.3, -0.25) is 0 Å². The number of nitrogens with one attached hydrogen (secondary N) is 1. The van der Waals surface area contributed by atoms with Gasteiger partial charge in [0.25, 0.3) is 0 Å². The van der Waals surface area contributed by atoms with Crippen LogP contribution in [0.5, 0.6) is 0 Å². The first kappa shape index (κ1) is 16.6. The van der Waals surface area contributed by atoms with Gasteiger partial charge in [-0.25, -0.2) is 14.5 Å². The maximum atomic E-state index is 5.89. The Morgan fingerprint density at radius 2 is 2.08 bits per heavy atom. The second kappa shape index (κ2) is 7.17. The van der Waals surface area contributed by atoms with Gasteiger partial charge in [0.05, 0.1) is 29.8 Å². The number of hydrogen-bond donors (Lipinski definition) is 1. The van der Waals surface area contributed by atoms with Crippen molar-refractivity contribution in [1.29, 1.82) is 0 Å². The Kier molecular flexibility index (Phi) is 4.58. The summed E-state index contributed by atoms with van der Waals surface area (Å²) in [7, 11) is 0. The largest absolute Gasteiger partial charge is 0.350 e. The average Bonchev–Trinajstić information content (AvgIpc) is 3.31. The van der Waals surface area contributed by atoms with Gasteiger partial charge in [-0.15, -0.1) is 0 Å². The van der Waals surface area contributed by atoms with Crippen molar-refractivity contribution < 1.29 is 0 Å². The van der Waals surface area contributed by atoms with E-state index >= 15 is 0 Å². The molecule has 0 bridgehead atoms. The van der Waals surface area contributed by atoms with Crippen molar-refractivity contribution in [2.75, 3.05) is 11.4 Å². The Labute approximate surface area is 156 Å². The molecule has 0 fully saturated rings. The zero-order valence-electron chi connectivity index (χ0n) is 14.4. The Morgan fingerprint density at radius 1 is 1.15 bits per heavy atom. The van der Waals surface area contributed by atoms with Gasteiger partial charge < -0.3 is 9.88 Å². The molecule has 5 rings (SSSR count). The molecule has 5 heterocycles. The predicted octanol–water partition coefficient (Wildman–Crippen LogP) is 3.66. The van der Waals surface area contributed by atoms with Crippen molar-refractivity contribution in [3.63, 3.8) is 0 Å². The molecule has 6 nitrogen and oxygen atoms in total. The highest BCUT2D eigenvalue weighted by Crippen LogP contribution is 2.21. The topological polar surface area (TPSA) is 62.1 Å². The fourth-order valence-electron chi connectivity index (χ4n) is 3.08. The molecule has 4 aromatic rings. The molecule has 7 heteroatoms. The smallest absolute Gasteiger partial charge is 0.131 e. The summed E-state index contributed by atoms with van der Waals surface area (Å²) in [5.74, 6) is 0.924. The number of rotatable bonds is 1. The summed E-state index contributed by atoms with van der Waals surface area (Å²) in [6, 6.07) is 11.8. The minimum absolute atomic E-state index is 0.535. The average molecular weight is 367 g/mol. The molecule has 1 N–H and O–H groups in total. The van der Waals surface area contributed by atoms with E-state index in [0.717, 1.165) is 25.3 Å². The second-order valence-corrected chi connectivity index (χ2v) is 6.56. The van der Waals surface area contributed by atoms with Crippen LogP contribution in [0.3, 0.4) is 0 Å². The molecule has 1 aliphatic rings. The van der Waals surface area contributed by atoms with E-state index in [1.807, 2.05) is 41.2 Å². The summed E-state index contributed by atoms with van der Waals surface area (Å²) in [6.45, 7) is 3.84. The molecule has 26 heavy (non-hydrogen) atoms. The molecular weight excluding hydrogens is 348 g/mol. The van der Waals surface area contributed by atoms with Gasteiger partial charge in [0.2, 0.25) is 0 Å². The van der Waals surface area contributed by atoms with Gasteiger partial charge >= 0.3 is 0 Å². The van der Waals surface area contributed by atoms with Crippen LogP contribution in [0.1, 0.15) is 17.0 Å². The summed E-state index contributed by atoms with van der Waals surface area (Å²) in [4.78, 5) is 13.9. The monoisotopic (exact) mass is 366 g/mol. The molecule has 4 aromatic heterocycles. The molecule has 0 aliphatic carbocycles. The van der Waals surface area contributed by atoms with E-state index in [4.69, 9.17) is 11.6 Å². The van der Waals surface area contributed by atoms with E-state index in [9.17, 15) is 0 Å². The lowest BCUT2D eigenvalue weighted by molar-refractivity contribution is 0.701. The number of nitrogens with zero attached hydrogens (tertiary/aromatic N) is 5. The number of H-pyrrole nitrogens is 1. The molecule has 0 radical (unpaired) electrons. The molecule has 0 unspecified atom stereocenters. The van der Waals surface area contributed by atoms with Gasteiger partial charge in [-0.05, 0) is 36.8 Å². The summed E-state index contributed by atoms with van der Waals surface area (Å²) in [5.41, 5.74) is 4.79. The maximum absolute atomic E-state index is 5.89. The highest BCUT2D eigenvalue weighted by molar-refractivity contribution is 6.29. The molecule has 0 saturated heterocycles. The van der Waals surface area contributed by atoms with Crippen LogP contribution in [0, 0.1) is 6.92 Å². The van der Waals surface area contributed by atoms with Crippen molar-refractivity contribution in [2.24, 2.45) is 0 Å². The third kappa shape index (κ3) is 3.41. The quantitative estimate of drug-likeness (QED) is 0.522. The number of imidazole rings is 1. The summed E-state index contributed by atoms with van der Waals surface area (Å²) in [5, 5.41) is 4.63. The third-order valence-corrected chi connectivity index (χ3v) is 4.66. The molecule has 0 spiro atoms. The van der Waals surface area contributed by atoms with Crippen molar-refractivity contribution in [3.05, 3.63) is 77.2 Å². The van der Waals surface area contributed by atoms with Crippen LogP contribution >= 0.6 is 11.6 Å². The van der Waals surface area contributed by atoms with Crippen LogP contribution < -0.4 is 4.90 Å². The lowest BCUT2D eigenvalue weighted by Gasteiger charge is -2.27. The van der Waals surface area contributed by atoms with E-state index in [2.05, 4.69) is 37.9 Å². The molecular formula is C19H19ClN6. The number of fused-ring (bicyclic) bond motifs is 2. The lowest BCUT2D eigenvalue weighted by Crippen LogP contribution is -2.31. The molecule has 0 amide bonds. The molecule has 1 aliphatic heterocycles. The standard InChI is InChI=1S/C11H11ClN4.C8H8N2/c12-10-2-1-3-11(15-10)16-5-4-8-9(6-16)14-7-13-8;1-7-3-2-6-10-8(7)4-5-9-10/h1-3,7H,4-6H2,(H,13,14);2-6H,1H3. The summed E-state index contributed by atoms with van der Waals surface area (Å²) in [6.07, 6.45) is 6.46. The van der Waals surface area contributed by atoms with Crippen molar-refractivity contribution in [3.8, 4) is 0 Å². The van der Waals surface area contributed by atoms with Gasteiger partial charge in [-0.2, -0.15) is 5.10 Å².